The minimum atomic E-state index is -0.283. The molecule has 0 radical (unpaired) electrons. The second-order valence-corrected chi connectivity index (χ2v) is 4.03. The molecule has 0 aliphatic heterocycles. The molecule has 0 saturated carbocycles. The van der Waals surface area contributed by atoms with Gasteiger partial charge in [0.2, 0.25) is 0 Å². The maximum Gasteiger partial charge on any atom is 0.136 e. The van der Waals surface area contributed by atoms with Gasteiger partial charge in [-0.3, -0.25) is 0 Å². The van der Waals surface area contributed by atoms with E-state index in [1.54, 1.807) is 6.07 Å². The third-order valence-corrected chi connectivity index (χ3v) is 2.51. The summed E-state index contributed by atoms with van der Waals surface area (Å²) in [6, 6.07) is 4.42. The van der Waals surface area contributed by atoms with Crippen molar-refractivity contribution in [2.75, 3.05) is 19.7 Å². The molecule has 0 spiro atoms. The Morgan fingerprint density at radius 3 is 2.93 bits per heavy atom. The van der Waals surface area contributed by atoms with Crippen LogP contribution < -0.4 is 10.1 Å². The first kappa shape index (κ1) is 12.5. The van der Waals surface area contributed by atoms with Crippen LogP contribution in [0.1, 0.15) is 13.3 Å². The number of hydrogen-bond acceptors (Lipinski definition) is 2. The number of benzene rings is 1. The van der Waals surface area contributed by atoms with Gasteiger partial charge in [-0.1, -0.05) is 6.92 Å². The molecule has 0 saturated heterocycles. The molecule has 0 aliphatic rings. The van der Waals surface area contributed by atoms with E-state index in [4.69, 9.17) is 4.74 Å². The largest absolute Gasteiger partial charge is 0.491 e. The number of nitrogens with one attached hydrogen (secondary N) is 1. The Morgan fingerprint density at radius 2 is 2.20 bits per heavy atom. The minimum absolute atomic E-state index is 0.283. The van der Waals surface area contributed by atoms with E-state index in [0.29, 0.717) is 12.4 Å². The SMILES string of the molecule is CCCNCCOc1cc(F)ccc1Br. The molecule has 0 amide bonds. The van der Waals surface area contributed by atoms with E-state index in [9.17, 15) is 4.39 Å². The van der Waals surface area contributed by atoms with Gasteiger partial charge in [-0.2, -0.15) is 0 Å². The molecule has 0 bridgehead atoms. The van der Waals surface area contributed by atoms with Crippen LogP contribution >= 0.6 is 15.9 Å². The molecule has 1 rings (SSSR count). The second kappa shape index (κ2) is 6.80. The molecule has 15 heavy (non-hydrogen) atoms. The van der Waals surface area contributed by atoms with Gasteiger partial charge in [0.1, 0.15) is 18.2 Å². The lowest BCUT2D eigenvalue weighted by atomic mass is 10.3. The average Bonchev–Trinajstić information content (AvgIpc) is 2.23. The van der Waals surface area contributed by atoms with Crippen LogP contribution in [-0.2, 0) is 0 Å². The van der Waals surface area contributed by atoms with Gasteiger partial charge < -0.3 is 10.1 Å². The molecular weight excluding hydrogens is 261 g/mol. The molecular formula is C11H15BrFNO. The highest BCUT2D eigenvalue weighted by Gasteiger charge is 2.01. The molecule has 0 aromatic heterocycles. The molecule has 2 nitrogen and oxygen atoms in total. The minimum Gasteiger partial charge on any atom is -0.491 e. The molecule has 0 fully saturated rings. The maximum atomic E-state index is 12.9. The van der Waals surface area contributed by atoms with Crippen LogP contribution in [0, 0.1) is 5.82 Å². The summed E-state index contributed by atoms with van der Waals surface area (Å²) in [6.07, 6.45) is 1.10. The Hall–Kier alpha value is -0.610. The normalized spacial score (nSPS) is 10.3. The van der Waals surface area contributed by atoms with Crippen molar-refractivity contribution in [3.05, 3.63) is 28.5 Å². The van der Waals surface area contributed by atoms with E-state index < -0.39 is 0 Å². The summed E-state index contributed by atoms with van der Waals surface area (Å²) in [5, 5.41) is 3.21. The lowest BCUT2D eigenvalue weighted by molar-refractivity contribution is 0.311. The molecule has 1 aromatic rings. The second-order valence-electron chi connectivity index (χ2n) is 3.17. The molecule has 84 valence electrons. The molecule has 0 heterocycles. The summed E-state index contributed by atoms with van der Waals surface area (Å²) >= 11 is 3.30. The Balaban J connectivity index is 2.33. The third kappa shape index (κ3) is 4.62. The fraction of sp³-hybridized carbons (Fsp3) is 0.455. The van der Waals surface area contributed by atoms with Crippen molar-refractivity contribution in [1.29, 1.82) is 0 Å². The number of hydrogen-bond donors (Lipinski definition) is 1. The first-order valence-corrected chi connectivity index (χ1v) is 5.82. The van der Waals surface area contributed by atoms with Gasteiger partial charge in [0.05, 0.1) is 4.47 Å². The highest BCUT2D eigenvalue weighted by molar-refractivity contribution is 9.10. The topological polar surface area (TPSA) is 21.3 Å². The van der Waals surface area contributed by atoms with Crippen LogP contribution in [-0.4, -0.2) is 19.7 Å². The van der Waals surface area contributed by atoms with Crippen molar-refractivity contribution in [2.45, 2.75) is 13.3 Å². The molecule has 0 unspecified atom stereocenters. The van der Waals surface area contributed by atoms with Crippen LogP contribution in [0.3, 0.4) is 0 Å². The van der Waals surface area contributed by atoms with E-state index in [2.05, 4.69) is 28.2 Å². The molecule has 1 N–H and O–H groups in total. The summed E-state index contributed by atoms with van der Waals surface area (Å²) in [5.74, 6) is 0.267. The standard InChI is InChI=1S/C11H15BrFNO/c1-2-5-14-6-7-15-11-8-9(13)3-4-10(11)12/h3-4,8,14H,2,5-7H2,1H3. The summed E-state index contributed by atoms with van der Waals surface area (Å²) in [6.45, 7) is 4.41. The Labute approximate surface area is 98.0 Å². The van der Waals surface area contributed by atoms with Crippen LogP contribution in [0.2, 0.25) is 0 Å². The van der Waals surface area contributed by atoms with Crippen molar-refractivity contribution in [1.82, 2.24) is 5.32 Å². The van der Waals surface area contributed by atoms with Gasteiger partial charge in [-0.25, -0.2) is 4.39 Å². The smallest absolute Gasteiger partial charge is 0.136 e. The number of halogens is 2. The Morgan fingerprint density at radius 1 is 1.40 bits per heavy atom. The van der Waals surface area contributed by atoms with Gasteiger partial charge in [0.25, 0.3) is 0 Å². The quantitative estimate of drug-likeness (QED) is 0.806. The summed E-state index contributed by atoms with van der Waals surface area (Å²) < 4.78 is 19.1. The lowest BCUT2D eigenvalue weighted by Gasteiger charge is -2.08. The first-order valence-electron chi connectivity index (χ1n) is 5.02. The monoisotopic (exact) mass is 275 g/mol. The van der Waals surface area contributed by atoms with E-state index in [0.717, 1.165) is 24.0 Å². The van der Waals surface area contributed by atoms with Gasteiger partial charge >= 0.3 is 0 Å². The lowest BCUT2D eigenvalue weighted by Crippen LogP contribution is -2.21. The van der Waals surface area contributed by atoms with Crippen LogP contribution in [0.15, 0.2) is 22.7 Å². The zero-order valence-corrected chi connectivity index (χ0v) is 10.3. The fourth-order valence-electron chi connectivity index (χ4n) is 1.12. The third-order valence-electron chi connectivity index (χ3n) is 1.86. The average molecular weight is 276 g/mol. The van der Waals surface area contributed by atoms with Crippen LogP contribution in [0.25, 0.3) is 0 Å². The Kier molecular flexibility index (Phi) is 5.65. The van der Waals surface area contributed by atoms with Gasteiger partial charge in [0, 0.05) is 12.6 Å². The van der Waals surface area contributed by atoms with Gasteiger partial charge in [0.15, 0.2) is 0 Å². The summed E-state index contributed by atoms with van der Waals surface area (Å²) in [4.78, 5) is 0. The van der Waals surface area contributed by atoms with Crippen molar-refractivity contribution >= 4 is 15.9 Å². The summed E-state index contributed by atoms with van der Waals surface area (Å²) in [7, 11) is 0. The maximum absolute atomic E-state index is 12.9. The molecule has 0 aliphatic carbocycles. The van der Waals surface area contributed by atoms with Crippen LogP contribution in [0.4, 0.5) is 4.39 Å². The molecule has 4 heteroatoms. The molecule has 0 atom stereocenters. The van der Waals surface area contributed by atoms with E-state index in [-0.39, 0.29) is 5.82 Å². The van der Waals surface area contributed by atoms with Gasteiger partial charge in [-0.15, -0.1) is 0 Å². The number of rotatable bonds is 6. The van der Waals surface area contributed by atoms with E-state index >= 15 is 0 Å². The zero-order chi connectivity index (χ0) is 11.1. The fourth-order valence-corrected chi connectivity index (χ4v) is 1.48. The molecule has 1 aromatic carbocycles. The summed E-state index contributed by atoms with van der Waals surface area (Å²) in [5.41, 5.74) is 0. The van der Waals surface area contributed by atoms with Crippen LogP contribution in [0.5, 0.6) is 5.75 Å². The van der Waals surface area contributed by atoms with Crippen molar-refractivity contribution in [3.8, 4) is 5.75 Å². The highest BCUT2D eigenvalue weighted by atomic mass is 79.9. The predicted octanol–water partition coefficient (Wildman–Crippen LogP) is 2.97. The predicted molar refractivity (Wildman–Crippen MR) is 62.8 cm³/mol. The van der Waals surface area contributed by atoms with E-state index in [1.165, 1.54) is 12.1 Å². The van der Waals surface area contributed by atoms with E-state index in [1.807, 2.05) is 0 Å². The highest BCUT2D eigenvalue weighted by Crippen LogP contribution is 2.25. The first-order chi connectivity index (χ1) is 7.24. The Bertz CT molecular complexity index is 307. The van der Waals surface area contributed by atoms with Crippen molar-refractivity contribution in [2.24, 2.45) is 0 Å². The van der Waals surface area contributed by atoms with Crippen molar-refractivity contribution in [3.63, 3.8) is 0 Å². The zero-order valence-electron chi connectivity index (χ0n) is 8.72. The van der Waals surface area contributed by atoms with Crippen molar-refractivity contribution < 1.29 is 9.13 Å². The van der Waals surface area contributed by atoms with Gasteiger partial charge in [-0.05, 0) is 41.0 Å². The number of ether oxygens (including phenoxy) is 1.